The minimum Gasteiger partial charge on any atom is -0.458 e. The van der Waals surface area contributed by atoms with E-state index in [0.717, 1.165) is 44.1 Å². The minimum absolute atomic E-state index is 0.00795. The number of unbranched alkanes of at least 4 members (excludes halogenated alkanes) is 4. The number of rotatable bonds is 12. The highest BCUT2D eigenvalue weighted by Crippen LogP contribution is 2.47. The van der Waals surface area contributed by atoms with E-state index in [1.165, 1.54) is 23.0 Å². The molecule has 0 aliphatic heterocycles. The summed E-state index contributed by atoms with van der Waals surface area (Å²) >= 11 is 0. The zero-order valence-electron chi connectivity index (χ0n) is 24.7. The molecule has 7 heteroatoms. The van der Waals surface area contributed by atoms with Gasteiger partial charge in [0.1, 0.15) is 6.61 Å². The van der Waals surface area contributed by atoms with Crippen LogP contribution in [0.3, 0.4) is 0 Å². The third-order valence-electron chi connectivity index (χ3n) is 7.70. The monoisotopic (exact) mass is 548 g/mol. The predicted octanol–water partition coefficient (Wildman–Crippen LogP) is 7.06. The Kier molecular flexibility index (Phi) is 10.7. The van der Waals surface area contributed by atoms with E-state index < -0.39 is 17.8 Å². The van der Waals surface area contributed by atoms with Crippen LogP contribution in [0, 0.1) is 0 Å². The second kappa shape index (κ2) is 13.8. The third kappa shape index (κ3) is 7.60. The minimum atomic E-state index is -0.861. The summed E-state index contributed by atoms with van der Waals surface area (Å²) in [5.41, 5.74) is 6.01. The van der Waals surface area contributed by atoms with E-state index >= 15 is 0 Å². The molecule has 0 unspecified atom stereocenters. The average Bonchev–Trinajstić information content (AvgIpc) is 2.94. The summed E-state index contributed by atoms with van der Waals surface area (Å²) in [6.45, 7) is 15.0. The number of fused-ring (bicyclic) bond motifs is 1. The van der Waals surface area contributed by atoms with E-state index in [1.807, 2.05) is 12.1 Å². The van der Waals surface area contributed by atoms with E-state index in [1.54, 1.807) is 24.3 Å². The quantitative estimate of drug-likeness (QED) is 0.101. The Morgan fingerprint density at radius 2 is 1.52 bits per heavy atom. The van der Waals surface area contributed by atoms with Gasteiger partial charge in [-0.15, -0.1) is 0 Å². The summed E-state index contributed by atoms with van der Waals surface area (Å²) in [4.78, 5) is 45.6. The Morgan fingerprint density at radius 3 is 2.17 bits per heavy atom. The maximum Gasteiger partial charge on any atom is 0.338 e. The lowest BCUT2D eigenvalue weighted by atomic mass is 9.63. The molecule has 0 saturated carbocycles. The van der Waals surface area contributed by atoms with Crippen molar-refractivity contribution in [1.29, 1.82) is 0 Å². The lowest BCUT2D eigenvalue weighted by molar-refractivity contribution is -0.145. The van der Waals surface area contributed by atoms with Crippen LogP contribution in [-0.2, 0) is 30.0 Å². The fourth-order valence-corrected chi connectivity index (χ4v) is 5.10. The van der Waals surface area contributed by atoms with Crippen molar-refractivity contribution in [2.75, 3.05) is 18.1 Å². The number of hydrogen-bond donors (Lipinski definition) is 1. The molecule has 0 aromatic heterocycles. The molecule has 0 bridgehead atoms. The fraction of sp³-hybridized carbons (Fsp3) is 0.485. The second-order valence-electron chi connectivity index (χ2n) is 11.8. The van der Waals surface area contributed by atoms with Gasteiger partial charge in [-0.3, -0.25) is 19.3 Å². The van der Waals surface area contributed by atoms with Crippen molar-refractivity contribution in [2.45, 2.75) is 90.4 Å². The molecule has 0 spiro atoms. The Hall–Kier alpha value is -3.45. The number of nitrogens with zero attached hydrogens (tertiary/aromatic N) is 1. The predicted molar refractivity (Wildman–Crippen MR) is 159 cm³/mol. The highest BCUT2D eigenvalue weighted by atomic mass is 16.7. The van der Waals surface area contributed by atoms with Gasteiger partial charge in [-0.25, -0.2) is 10.3 Å². The number of amides is 2. The zero-order chi connectivity index (χ0) is 29.3. The third-order valence-corrected chi connectivity index (χ3v) is 7.70. The number of benzene rings is 2. The first-order valence-corrected chi connectivity index (χ1v) is 14.3. The van der Waals surface area contributed by atoms with Crippen LogP contribution in [0.1, 0.15) is 101 Å². The SMILES string of the molecule is C=CCOC(=O)c1ccc(N(C(=O)C(=O)NOCCCCCCC)c2ccc3c(c2)C(C)(C)CCC3(C)C)cc1. The van der Waals surface area contributed by atoms with Crippen LogP contribution in [0.2, 0.25) is 0 Å². The number of ether oxygens (including phenoxy) is 1. The summed E-state index contributed by atoms with van der Waals surface area (Å²) in [5.74, 6) is -2.13. The molecule has 0 atom stereocenters. The van der Waals surface area contributed by atoms with E-state index in [2.05, 4.69) is 52.7 Å². The standard InChI is InChI=1S/C33H44N2O5/c1-7-9-10-11-12-22-40-34-29(36)30(37)35(25-15-13-24(14-16-25)31(38)39-21-8-2)26-17-18-27-28(23-26)33(5,6)20-19-32(27,3)4/h8,13-18,23H,2,7,9-12,19-22H2,1,3-6H3,(H,34,36). The van der Waals surface area contributed by atoms with Gasteiger partial charge in [0.25, 0.3) is 0 Å². The second-order valence-corrected chi connectivity index (χ2v) is 11.8. The van der Waals surface area contributed by atoms with Crippen LogP contribution in [0.25, 0.3) is 0 Å². The van der Waals surface area contributed by atoms with Crippen molar-refractivity contribution in [1.82, 2.24) is 5.48 Å². The number of carbonyl (C=O) groups excluding carboxylic acids is 3. The Bertz CT molecular complexity index is 1200. The van der Waals surface area contributed by atoms with E-state index in [9.17, 15) is 14.4 Å². The van der Waals surface area contributed by atoms with Crippen molar-refractivity contribution in [3.05, 3.63) is 71.8 Å². The summed E-state index contributed by atoms with van der Waals surface area (Å²) in [7, 11) is 0. The molecule has 2 amide bonds. The van der Waals surface area contributed by atoms with Gasteiger partial charge in [-0.05, 0) is 77.6 Å². The van der Waals surface area contributed by atoms with Gasteiger partial charge < -0.3 is 4.74 Å². The van der Waals surface area contributed by atoms with Gasteiger partial charge in [0, 0.05) is 11.4 Å². The average molecular weight is 549 g/mol. The normalized spacial score (nSPS) is 15.0. The number of hydroxylamine groups is 1. The van der Waals surface area contributed by atoms with Gasteiger partial charge in [0.15, 0.2) is 0 Å². The first kappa shape index (κ1) is 31.1. The Balaban J connectivity index is 1.90. The maximum atomic E-state index is 13.6. The smallest absolute Gasteiger partial charge is 0.338 e. The van der Waals surface area contributed by atoms with Gasteiger partial charge in [-0.1, -0.05) is 79.0 Å². The van der Waals surface area contributed by atoms with E-state index in [-0.39, 0.29) is 17.4 Å². The first-order valence-electron chi connectivity index (χ1n) is 14.3. The lowest BCUT2D eigenvalue weighted by Crippen LogP contribution is -2.41. The van der Waals surface area contributed by atoms with Crippen LogP contribution in [-0.4, -0.2) is 31.0 Å². The molecule has 1 aliphatic rings. The molecule has 2 aromatic rings. The van der Waals surface area contributed by atoms with Crippen LogP contribution in [0.4, 0.5) is 11.4 Å². The van der Waals surface area contributed by atoms with Crippen molar-refractivity contribution in [2.24, 2.45) is 0 Å². The van der Waals surface area contributed by atoms with Gasteiger partial charge in [0.2, 0.25) is 0 Å². The molecule has 3 rings (SSSR count). The van der Waals surface area contributed by atoms with Gasteiger partial charge in [-0.2, -0.15) is 0 Å². The Morgan fingerprint density at radius 1 is 0.900 bits per heavy atom. The highest BCUT2D eigenvalue weighted by molar-refractivity contribution is 6.41. The lowest BCUT2D eigenvalue weighted by Gasteiger charge is -2.42. The van der Waals surface area contributed by atoms with Crippen molar-refractivity contribution >= 4 is 29.2 Å². The Labute approximate surface area is 238 Å². The topological polar surface area (TPSA) is 84.9 Å². The molecule has 0 heterocycles. The number of hydrogen-bond acceptors (Lipinski definition) is 5. The highest BCUT2D eigenvalue weighted by Gasteiger charge is 2.38. The van der Waals surface area contributed by atoms with E-state index in [4.69, 9.17) is 9.57 Å². The van der Waals surface area contributed by atoms with E-state index in [0.29, 0.717) is 23.5 Å². The molecule has 216 valence electrons. The molecule has 7 nitrogen and oxygen atoms in total. The molecule has 0 radical (unpaired) electrons. The molecular formula is C33H44N2O5. The van der Waals surface area contributed by atoms with Gasteiger partial charge >= 0.3 is 17.8 Å². The number of carbonyl (C=O) groups is 3. The number of esters is 1. The number of nitrogens with one attached hydrogen (secondary N) is 1. The van der Waals surface area contributed by atoms with Crippen LogP contribution < -0.4 is 10.4 Å². The molecule has 0 saturated heterocycles. The summed E-state index contributed by atoms with van der Waals surface area (Å²) in [6, 6.07) is 12.4. The van der Waals surface area contributed by atoms with Crippen molar-refractivity contribution < 1.29 is 24.0 Å². The molecule has 40 heavy (non-hydrogen) atoms. The fourth-order valence-electron chi connectivity index (χ4n) is 5.10. The first-order chi connectivity index (χ1) is 19.0. The summed E-state index contributed by atoms with van der Waals surface area (Å²) in [6.07, 6.45) is 8.81. The maximum absolute atomic E-state index is 13.6. The molecule has 0 fully saturated rings. The number of anilines is 2. The summed E-state index contributed by atoms with van der Waals surface area (Å²) < 4.78 is 5.12. The molecular weight excluding hydrogens is 504 g/mol. The van der Waals surface area contributed by atoms with Crippen LogP contribution in [0.5, 0.6) is 0 Å². The van der Waals surface area contributed by atoms with Crippen LogP contribution >= 0.6 is 0 Å². The molecule has 1 aliphatic carbocycles. The van der Waals surface area contributed by atoms with Crippen LogP contribution in [0.15, 0.2) is 55.1 Å². The van der Waals surface area contributed by atoms with Crippen molar-refractivity contribution in [3.63, 3.8) is 0 Å². The summed E-state index contributed by atoms with van der Waals surface area (Å²) in [5, 5.41) is 0. The molecule has 1 N–H and O–H groups in total. The van der Waals surface area contributed by atoms with Gasteiger partial charge in [0.05, 0.1) is 12.2 Å². The molecule has 2 aromatic carbocycles. The largest absolute Gasteiger partial charge is 0.458 e. The van der Waals surface area contributed by atoms with Crippen molar-refractivity contribution in [3.8, 4) is 0 Å². The zero-order valence-corrected chi connectivity index (χ0v) is 24.7.